The third kappa shape index (κ3) is 11.2. The van der Waals surface area contributed by atoms with Crippen molar-refractivity contribution >= 4 is 31.4 Å². The van der Waals surface area contributed by atoms with E-state index < -0.39 is 8.32 Å². The molecule has 0 saturated carbocycles. The molecule has 0 fully saturated rings. The first-order chi connectivity index (χ1) is 4.27. The summed E-state index contributed by atoms with van der Waals surface area (Å²) in [5.74, 6) is 0. The molecule has 0 aromatic carbocycles. The normalized spacial score (nSPS) is 11.5. The zero-order valence-corrected chi connectivity index (χ0v) is 12.1. The van der Waals surface area contributed by atoms with Crippen molar-refractivity contribution in [3.8, 4) is 0 Å². The van der Waals surface area contributed by atoms with E-state index in [4.69, 9.17) is 4.43 Å². The van der Waals surface area contributed by atoms with Gasteiger partial charge in [0.2, 0.25) is 0 Å². The SMILES string of the molecule is [CH2-]CC(C)(C)O[Si](C)(C)C.[Cl-].[Mg+2]. The zero-order chi connectivity index (χ0) is 8.41. The van der Waals surface area contributed by atoms with E-state index in [1.54, 1.807) is 0 Å². The summed E-state index contributed by atoms with van der Waals surface area (Å²) in [6, 6.07) is 0. The average molecular weight is 219 g/mol. The van der Waals surface area contributed by atoms with Crippen LogP contribution in [0.25, 0.3) is 0 Å². The van der Waals surface area contributed by atoms with Gasteiger partial charge in [0.25, 0.3) is 0 Å². The van der Waals surface area contributed by atoms with Crippen LogP contribution in [0.2, 0.25) is 19.6 Å². The van der Waals surface area contributed by atoms with Crippen molar-refractivity contribution < 1.29 is 16.8 Å². The van der Waals surface area contributed by atoms with Crippen LogP contribution in [0.3, 0.4) is 0 Å². The van der Waals surface area contributed by atoms with Gasteiger partial charge in [0, 0.05) is 5.60 Å². The predicted molar refractivity (Wildman–Crippen MR) is 54.2 cm³/mol. The molecule has 0 radical (unpaired) electrons. The third-order valence-electron chi connectivity index (χ3n) is 1.18. The quantitative estimate of drug-likeness (QED) is 0.457. The molecule has 0 heterocycles. The Kier molecular flexibility index (Phi) is 10.5. The molecule has 12 heavy (non-hydrogen) atoms. The molecule has 0 aromatic heterocycles. The maximum absolute atomic E-state index is 5.85. The summed E-state index contributed by atoms with van der Waals surface area (Å²) in [5.41, 5.74) is -0.0233. The van der Waals surface area contributed by atoms with Crippen molar-refractivity contribution in [2.75, 3.05) is 0 Å². The van der Waals surface area contributed by atoms with Gasteiger partial charge in [-0.3, -0.25) is 0 Å². The molecule has 0 aliphatic carbocycles. The Morgan fingerprint density at radius 1 is 1.25 bits per heavy atom. The summed E-state index contributed by atoms with van der Waals surface area (Å²) < 4.78 is 5.85. The van der Waals surface area contributed by atoms with Gasteiger partial charge >= 0.3 is 23.1 Å². The Morgan fingerprint density at radius 2 is 1.58 bits per heavy atom. The van der Waals surface area contributed by atoms with Crippen LogP contribution in [-0.4, -0.2) is 37.0 Å². The molecule has 0 atom stereocenters. The Hall–Kier alpha value is 1.23. The Morgan fingerprint density at radius 3 is 1.67 bits per heavy atom. The number of rotatable bonds is 3. The Balaban J connectivity index is -0.000000405. The van der Waals surface area contributed by atoms with Crippen LogP contribution in [0.5, 0.6) is 0 Å². The molecule has 0 bridgehead atoms. The van der Waals surface area contributed by atoms with Gasteiger partial charge in [-0.15, -0.1) is 0 Å². The molecule has 4 heteroatoms. The maximum atomic E-state index is 5.85. The first kappa shape index (κ1) is 18.9. The van der Waals surface area contributed by atoms with Gasteiger partial charge < -0.3 is 23.8 Å². The van der Waals surface area contributed by atoms with E-state index in [2.05, 4.69) is 40.4 Å². The van der Waals surface area contributed by atoms with E-state index in [1.165, 1.54) is 0 Å². The molecule has 0 rings (SSSR count). The molecule has 0 aliphatic heterocycles. The first-order valence-corrected chi connectivity index (χ1v) is 7.17. The van der Waals surface area contributed by atoms with Gasteiger partial charge in [-0.05, 0) is 33.5 Å². The van der Waals surface area contributed by atoms with E-state index in [1.807, 2.05) is 0 Å². The van der Waals surface area contributed by atoms with Crippen LogP contribution >= 0.6 is 0 Å². The van der Waals surface area contributed by atoms with Crippen molar-refractivity contribution in [1.29, 1.82) is 0 Å². The van der Waals surface area contributed by atoms with Crippen LogP contribution in [0.4, 0.5) is 0 Å². The number of halogens is 1. The van der Waals surface area contributed by atoms with Gasteiger partial charge in [-0.25, -0.2) is 0 Å². The van der Waals surface area contributed by atoms with Crippen LogP contribution in [0.15, 0.2) is 0 Å². The third-order valence-corrected chi connectivity index (χ3v) is 2.35. The zero-order valence-electron chi connectivity index (χ0n) is 8.91. The second-order valence-corrected chi connectivity index (χ2v) is 8.65. The van der Waals surface area contributed by atoms with E-state index in [0.717, 1.165) is 6.42 Å². The second-order valence-electron chi connectivity index (χ2n) is 4.22. The summed E-state index contributed by atoms with van der Waals surface area (Å²) in [7, 11) is -1.35. The molecular formula is C8H19ClMgOSi. The summed E-state index contributed by atoms with van der Waals surface area (Å²) in [6.07, 6.45) is 0.845. The largest absolute Gasteiger partial charge is 2.00 e. The van der Waals surface area contributed by atoms with E-state index in [-0.39, 0.29) is 41.1 Å². The van der Waals surface area contributed by atoms with Gasteiger partial charge in [-0.2, -0.15) is 6.42 Å². The molecule has 0 unspecified atom stereocenters. The van der Waals surface area contributed by atoms with Gasteiger partial charge in [0.1, 0.15) is 0 Å². The van der Waals surface area contributed by atoms with Gasteiger partial charge in [0.15, 0.2) is 8.32 Å². The molecule has 1 nitrogen and oxygen atoms in total. The minimum absolute atomic E-state index is 0. The monoisotopic (exact) mass is 218 g/mol. The molecule has 0 aliphatic rings. The molecular weight excluding hydrogens is 200 g/mol. The molecule has 0 spiro atoms. The fourth-order valence-corrected chi connectivity index (χ4v) is 2.64. The fourth-order valence-electron chi connectivity index (χ4n) is 0.880. The van der Waals surface area contributed by atoms with Crippen molar-refractivity contribution in [1.82, 2.24) is 0 Å². The second kappa shape index (κ2) is 6.65. The molecule has 70 valence electrons. The average Bonchev–Trinajstić information content (AvgIpc) is 1.60. The number of hydrogen-bond donors (Lipinski definition) is 0. The summed E-state index contributed by atoms with van der Waals surface area (Å²) in [6.45, 7) is 14.6. The van der Waals surface area contributed by atoms with Crippen LogP contribution < -0.4 is 12.4 Å². The summed E-state index contributed by atoms with van der Waals surface area (Å²) >= 11 is 0. The fraction of sp³-hybridized carbons (Fsp3) is 0.875. The number of hydrogen-bond acceptors (Lipinski definition) is 1. The van der Waals surface area contributed by atoms with E-state index in [9.17, 15) is 0 Å². The first-order valence-electron chi connectivity index (χ1n) is 3.76. The minimum Gasteiger partial charge on any atom is -1.00 e. The topological polar surface area (TPSA) is 9.23 Å². The van der Waals surface area contributed by atoms with E-state index in [0.29, 0.717) is 0 Å². The summed E-state index contributed by atoms with van der Waals surface area (Å²) in [4.78, 5) is 0. The van der Waals surface area contributed by atoms with Crippen LogP contribution in [-0.2, 0) is 4.43 Å². The molecule has 0 saturated heterocycles. The predicted octanol–water partition coefficient (Wildman–Crippen LogP) is -0.536. The molecule has 0 aromatic rings. The smallest absolute Gasteiger partial charge is 1.00 e. The standard InChI is InChI=1S/C8H19OSi.ClH.Mg/c1-7-8(2,3)9-10(4,5)6;;/h1,7H2,2-6H3;1H;/q-1;;+2/p-1. The minimum atomic E-state index is -1.35. The maximum Gasteiger partial charge on any atom is 2.00 e. The molecule has 0 amide bonds. The molecule has 0 N–H and O–H groups in total. The van der Waals surface area contributed by atoms with Gasteiger partial charge in [0.05, 0.1) is 0 Å². The Bertz CT molecular complexity index is 112. The van der Waals surface area contributed by atoms with Crippen molar-refractivity contribution in [3.63, 3.8) is 0 Å². The van der Waals surface area contributed by atoms with Crippen LogP contribution in [0.1, 0.15) is 20.3 Å². The van der Waals surface area contributed by atoms with Crippen molar-refractivity contribution in [2.45, 2.75) is 45.5 Å². The van der Waals surface area contributed by atoms with Gasteiger partial charge in [-0.1, -0.05) is 0 Å². The Labute approximate surface area is 100 Å². The summed E-state index contributed by atoms with van der Waals surface area (Å²) in [5, 5.41) is 0. The van der Waals surface area contributed by atoms with Crippen molar-refractivity contribution in [3.05, 3.63) is 6.92 Å². The van der Waals surface area contributed by atoms with Crippen molar-refractivity contribution in [2.24, 2.45) is 0 Å². The van der Waals surface area contributed by atoms with E-state index >= 15 is 0 Å². The van der Waals surface area contributed by atoms with Crippen LogP contribution in [0, 0.1) is 6.92 Å².